The van der Waals surface area contributed by atoms with Crippen molar-refractivity contribution in [3.63, 3.8) is 0 Å². The maximum atomic E-state index is 11.5. The monoisotopic (exact) mass is 290 g/mol. The molecule has 7 heteroatoms. The molecule has 20 heavy (non-hydrogen) atoms. The Kier molecular flexibility index (Phi) is 11.8. The van der Waals surface area contributed by atoms with Crippen molar-refractivity contribution in [3.8, 4) is 0 Å². The summed E-state index contributed by atoms with van der Waals surface area (Å²) >= 11 is 0. The van der Waals surface area contributed by atoms with Crippen molar-refractivity contribution in [2.24, 2.45) is 0 Å². The topological polar surface area (TPSA) is 96.9 Å². The number of nitrogens with one attached hydrogen (secondary N) is 2. The molecule has 2 amide bonds. The molecule has 0 aromatic carbocycles. The minimum atomic E-state index is -0.810. The SMILES string of the molecule is COCCOCCCNC(=O)NC(C)CCCC(=O)O. The predicted molar refractivity (Wildman–Crippen MR) is 74.8 cm³/mol. The van der Waals surface area contributed by atoms with Crippen molar-refractivity contribution in [1.29, 1.82) is 0 Å². The van der Waals surface area contributed by atoms with E-state index in [0.717, 1.165) is 6.42 Å². The first-order valence-electron chi connectivity index (χ1n) is 6.89. The van der Waals surface area contributed by atoms with Crippen molar-refractivity contribution in [3.05, 3.63) is 0 Å². The maximum Gasteiger partial charge on any atom is 0.314 e. The Hall–Kier alpha value is -1.34. The fraction of sp³-hybridized carbons (Fsp3) is 0.846. The number of aliphatic carboxylic acids is 1. The quantitative estimate of drug-likeness (QED) is 0.466. The van der Waals surface area contributed by atoms with Gasteiger partial charge in [-0.15, -0.1) is 0 Å². The van der Waals surface area contributed by atoms with E-state index in [9.17, 15) is 9.59 Å². The second kappa shape index (κ2) is 12.7. The van der Waals surface area contributed by atoms with E-state index in [0.29, 0.717) is 39.2 Å². The summed E-state index contributed by atoms with van der Waals surface area (Å²) < 4.78 is 10.1. The summed E-state index contributed by atoms with van der Waals surface area (Å²) in [5.74, 6) is -0.810. The van der Waals surface area contributed by atoms with Gasteiger partial charge in [0.2, 0.25) is 0 Å². The molecule has 0 bridgehead atoms. The minimum absolute atomic E-state index is 0.0349. The maximum absolute atomic E-state index is 11.5. The summed E-state index contributed by atoms with van der Waals surface area (Å²) in [6.45, 7) is 4.11. The fourth-order valence-corrected chi connectivity index (χ4v) is 1.53. The molecular formula is C13H26N2O5. The van der Waals surface area contributed by atoms with Crippen molar-refractivity contribution in [2.75, 3.05) is 33.5 Å². The third-order valence-electron chi connectivity index (χ3n) is 2.59. The van der Waals surface area contributed by atoms with Gasteiger partial charge in [0.05, 0.1) is 13.2 Å². The van der Waals surface area contributed by atoms with Crippen LogP contribution in [0.2, 0.25) is 0 Å². The number of hydrogen-bond acceptors (Lipinski definition) is 4. The van der Waals surface area contributed by atoms with E-state index in [4.69, 9.17) is 14.6 Å². The molecule has 0 saturated heterocycles. The van der Waals surface area contributed by atoms with Gasteiger partial charge >= 0.3 is 12.0 Å². The van der Waals surface area contributed by atoms with Crippen LogP contribution >= 0.6 is 0 Å². The van der Waals surface area contributed by atoms with Crippen LogP contribution in [0.1, 0.15) is 32.6 Å². The van der Waals surface area contributed by atoms with Crippen molar-refractivity contribution in [2.45, 2.75) is 38.6 Å². The van der Waals surface area contributed by atoms with Gasteiger partial charge in [0, 0.05) is 32.7 Å². The molecule has 0 aromatic heterocycles. The van der Waals surface area contributed by atoms with Crippen molar-refractivity contribution >= 4 is 12.0 Å². The first kappa shape index (κ1) is 18.7. The molecule has 0 spiro atoms. The Morgan fingerprint density at radius 1 is 1.20 bits per heavy atom. The standard InChI is InChI=1S/C13H26N2O5/c1-11(5-3-6-12(16)17)15-13(18)14-7-4-8-20-10-9-19-2/h11H,3-10H2,1-2H3,(H,16,17)(H2,14,15,18). The van der Waals surface area contributed by atoms with Crippen LogP contribution in [0.5, 0.6) is 0 Å². The first-order chi connectivity index (χ1) is 9.56. The molecular weight excluding hydrogens is 264 g/mol. The average molecular weight is 290 g/mol. The van der Waals surface area contributed by atoms with E-state index in [-0.39, 0.29) is 18.5 Å². The number of carbonyl (C=O) groups is 2. The van der Waals surface area contributed by atoms with Crippen LogP contribution in [-0.4, -0.2) is 56.6 Å². The molecule has 1 unspecified atom stereocenters. The summed E-state index contributed by atoms with van der Waals surface area (Å²) in [7, 11) is 1.62. The van der Waals surface area contributed by atoms with Gasteiger partial charge in [0.25, 0.3) is 0 Å². The second-order valence-electron chi connectivity index (χ2n) is 4.55. The number of hydrogen-bond donors (Lipinski definition) is 3. The van der Waals surface area contributed by atoms with E-state index in [1.165, 1.54) is 0 Å². The zero-order chi connectivity index (χ0) is 15.2. The number of carbonyl (C=O) groups excluding carboxylic acids is 1. The Morgan fingerprint density at radius 3 is 2.60 bits per heavy atom. The van der Waals surface area contributed by atoms with Crippen LogP contribution in [0.3, 0.4) is 0 Å². The van der Waals surface area contributed by atoms with Gasteiger partial charge < -0.3 is 25.2 Å². The van der Waals surface area contributed by atoms with E-state index < -0.39 is 5.97 Å². The first-order valence-corrected chi connectivity index (χ1v) is 6.89. The van der Waals surface area contributed by atoms with Gasteiger partial charge in [-0.05, 0) is 26.2 Å². The van der Waals surface area contributed by atoms with Gasteiger partial charge in [-0.2, -0.15) is 0 Å². The van der Waals surface area contributed by atoms with Crippen molar-refractivity contribution < 1.29 is 24.2 Å². The summed E-state index contributed by atoms with van der Waals surface area (Å²) in [5.41, 5.74) is 0. The summed E-state index contributed by atoms with van der Waals surface area (Å²) in [6, 6.07) is -0.267. The Labute approximate surface area is 120 Å². The highest BCUT2D eigenvalue weighted by Gasteiger charge is 2.07. The normalized spacial score (nSPS) is 11.9. The van der Waals surface area contributed by atoms with Crippen LogP contribution in [0, 0.1) is 0 Å². The molecule has 0 aromatic rings. The molecule has 0 saturated carbocycles. The van der Waals surface area contributed by atoms with Gasteiger partial charge in [0.15, 0.2) is 0 Å². The van der Waals surface area contributed by atoms with Crippen LogP contribution in [0.15, 0.2) is 0 Å². The molecule has 0 aliphatic carbocycles. The fourth-order valence-electron chi connectivity index (χ4n) is 1.53. The van der Waals surface area contributed by atoms with E-state index in [1.54, 1.807) is 7.11 Å². The molecule has 0 aliphatic rings. The minimum Gasteiger partial charge on any atom is -0.481 e. The number of methoxy groups -OCH3 is 1. The van der Waals surface area contributed by atoms with Gasteiger partial charge in [-0.25, -0.2) is 4.79 Å². The zero-order valence-corrected chi connectivity index (χ0v) is 12.3. The molecule has 0 aliphatic heterocycles. The molecule has 1 atom stereocenters. The molecule has 118 valence electrons. The summed E-state index contributed by atoms with van der Waals surface area (Å²) in [4.78, 5) is 21.8. The number of carboxylic acids is 1. The highest BCUT2D eigenvalue weighted by molar-refractivity contribution is 5.74. The smallest absolute Gasteiger partial charge is 0.314 e. The Balaban J connectivity index is 3.41. The lowest BCUT2D eigenvalue weighted by atomic mass is 10.1. The molecule has 3 N–H and O–H groups in total. The van der Waals surface area contributed by atoms with Crippen molar-refractivity contribution in [1.82, 2.24) is 10.6 Å². The zero-order valence-electron chi connectivity index (χ0n) is 12.3. The third kappa shape index (κ3) is 13.1. The van der Waals surface area contributed by atoms with Crippen LogP contribution in [0.4, 0.5) is 4.79 Å². The molecule has 0 fully saturated rings. The number of ether oxygens (including phenoxy) is 2. The number of rotatable bonds is 12. The molecule has 7 nitrogen and oxygen atoms in total. The van der Waals surface area contributed by atoms with Gasteiger partial charge in [0.1, 0.15) is 0 Å². The lowest BCUT2D eigenvalue weighted by Crippen LogP contribution is -2.41. The number of amides is 2. The molecule has 0 rings (SSSR count). The Bertz CT molecular complexity index is 273. The lowest BCUT2D eigenvalue weighted by molar-refractivity contribution is -0.137. The van der Waals surface area contributed by atoms with Crippen LogP contribution < -0.4 is 10.6 Å². The number of carboxylic acid groups (broad SMARTS) is 1. The summed E-state index contributed by atoms with van der Waals surface area (Å²) in [5, 5.41) is 14.0. The predicted octanol–water partition coefficient (Wildman–Crippen LogP) is 0.982. The highest BCUT2D eigenvalue weighted by atomic mass is 16.5. The second-order valence-corrected chi connectivity index (χ2v) is 4.55. The molecule has 0 heterocycles. The third-order valence-corrected chi connectivity index (χ3v) is 2.59. The van der Waals surface area contributed by atoms with E-state index >= 15 is 0 Å². The lowest BCUT2D eigenvalue weighted by Gasteiger charge is -2.14. The van der Waals surface area contributed by atoms with E-state index in [1.807, 2.05) is 6.92 Å². The van der Waals surface area contributed by atoms with Gasteiger partial charge in [-0.3, -0.25) is 4.79 Å². The van der Waals surface area contributed by atoms with Crippen LogP contribution in [0.25, 0.3) is 0 Å². The highest BCUT2D eigenvalue weighted by Crippen LogP contribution is 2.00. The summed E-state index contributed by atoms with van der Waals surface area (Å²) in [6.07, 6.45) is 2.08. The largest absolute Gasteiger partial charge is 0.481 e. The Morgan fingerprint density at radius 2 is 1.95 bits per heavy atom. The van der Waals surface area contributed by atoms with Gasteiger partial charge in [-0.1, -0.05) is 0 Å². The number of urea groups is 1. The van der Waals surface area contributed by atoms with Crippen LogP contribution in [-0.2, 0) is 14.3 Å². The average Bonchev–Trinajstić information content (AvgIpc) is 2.37. The molecule has 0 radical (unpaired) electrons. The van der Waals surface area contributed by atoms with E-state index in [2.05, 4.69) is 10.6 Å².